The third-order valence-electron chi connectivity index (χ3n) is 1.50. The van der Waals surface area contributed by atoms with E-state index >= 15 is 0 Å². The lowest BCUT2D eigenvalue weighted by atomic mass is 10.0. The van der Waals surface area contributed by atoms with Gasteiger partial charge in [0.1, 0.15) is 0 Å². The van der Waals surface area contributed by atoms with E-state index < -0.39 is 33.0 Å². The molecule has 0 aliphatic heterocycles. The molecule has 14 nitrogen and oxygen atoms in total. The van der Waals surface area contributed by atoms with Gasteiger partial charge in [-0.1, -0.05) is 38.5 Å². The topological polar surface area (TPSA) is 300 Å². The molecule has 24 heavy (non-hydrogen) atoms. The molecule has 0 unspecified atom stereocenters. The van der Waals surface area contributed by atoms with Gasteiger partial charge >= 0.3 is 33.0 Å². The van der Waals surface area contributed by atoms with E-state index in [-0.39, 0.29) is 12.3 Å². The highest BCUT2D eigenvalue weighted by molar-refractivity contribution is 7.31. The minimum Gasteiger partial charge on any atom is -0.344 e. The Hall–Kier alpha value is 0.520. The SMILES string of the molecule is C1CCCCC1.N.N.O=[PH](O)O.O=[PH](O)O.O=[PH](O)O.O=[PH](O)O. The fourth-order valence-electron chi connectivity index (χ4n) is 1.06. The molecule has 1 aliphatic rings. The Morgan fingerprint density at radius 1 is 0.375 bits per heavy atom. The molecule has 0 bridgehead atoms. The minimum atomic E-state index is -3.13. The molecule has 0 atom stereocenters. The van der Waals surface area contributed by atoms with Crippen molar-refractivity contribution in [2.75, 3.05) is 0 Å². The van der Waals surface area contributed by atoms with Crippen LogP contribution in [0.15, 0.2) is 0 Å². The van der Waals surface area contributed by atoms with Gasteiger partial charge in [0.2, 0.25) is 0 Å². The third kappa shape index (κ3) is 245. The maximum absolute atomic E-state index is 8.74. The van der Waals surface area contributed by atoms with Crippen LogP contribution in [0.5, 0.6) is 0 Å². The lowest BCUT2D eigenvalue weighted by Gasteiger charge is -2.05. The first-order valence-electron chi connectivity index (χ1n) is 5.61. The maximum Gasteiger partial charge on any atom is 0.314 e. The van der Waals surface area contributed by atoms with Gasteiger partial charge in [-0.05, 0) is 0 Å². The van der Waals surface area contributed by atoms with E-state index in [1.165, 1.54) is 38.5 Å². The van der Waals surface area contributed by atoms with Crippen molar-refractivity contribution in [3.8, 4) is 0 Å². The molecule has 14 N–H and O–H groups in total. The molecule has 0 radical (unpaired) electrons. The van der Waals surface area contributed by atoms with E-state index in [1.807, 2.05) is 0 Å². The molecule has 18 heteroatoms. The smallest absolute Gasteiger partial charge is 0.314 e. The Bertz CT molecular complexity index is 240. The highest BCUT2D eigenvalue weighted by atomic mass is 31.1. The standard InChI is InChI=1S/C6H12.2H3N.4H3O3P/c1-2-4-6-5-3-1;;;4*1-4(2)3/h1-6H2;2*1H3;4*4H,(H2,1,2,3). The first kappa shape index (κ1) is 39.5. The van der Waals surface area contributed by atoms with Crippen molar-refractivity contribution in [1.29, 1.82) is 0 Å². The molecule has 0 aromatic heterocycles. The summed E-state index contributed by atoms with van der Waals surface area (Å²) in [5.74, 6) is 0. The lowest BCUT2D eigenvalue weighted by molar-refractivity contribution is 0.403. The van der Waals surface area contributed by atoms with Crippen LogP contribution in [0.4, 0.5) is 0 Å². The van der Waals surface area contributed by atoms with Crippen molar-refractivity contribution >= 4 is 33.0 Å². The van der Waals surface area contributed by atoms with Crippen molar-refractivity contribution in [2.24, 2.45) is 0 Å². The Kier molecular flexibility index (Phi) is 57.3. The summed E-state index contributed by atoms with van der Waals surface area (Å²) in [6.45, 7) is 0. The lowest BCUT2D eigenvalue weighted by Crippen LogP contribution is -1.85. The summed E-state index contributed by atoms with van der Waals surface area (Å²) in [7, 11) is -12.5. The highest BCUT2D eigenvalue weighted by Gasteiger charge is 1.95. The molecule has 0 amide bonds. The van der Waals surface area contributed by atoms with E-state index in [4.69, 9.17) is 57.4 Å². The molecule has 1 saturated carbocycles. The van der Waals surface area contributed by atoms with Gasteiger partial charge in [-0.25, -0.2) is 0 Å². The quantitative estimate of drug-likeness (QED) is 0.221. The Morgan fingerprint density at radius 3 is 0.458 bits per heavy atom. The monoisotopic (exact) mass is 446 g/mol. The van der Waals surface area contributed by atoms with Crippen LogP contribution in [0.2, 0.25) is 0 Å². The van der Waals surface area contributed by atoms with Crippen LogP contribution in [0.3, 0.4) is 0 Å². The number of hydrogen-bond acceptors (Lipinski definition) is 6. The van der Waals surface area contributed by atoms with Crippen LogP contribution in [0, 0.1) is 0 Å². The number of hydrogen-bond donors (Lipinski definition) is 10. The third-order valence-corrected chi connectivity index (χ3v) is 1.50. The second-order valence-electron chi connectivity index (χ2n) is 3.25. The molecule has 1 aliphatic carbocycles. The van der Waals surface area contributed by atoms with Crippen LogP contribution in [-0.2, 0) is 18.3 Å². The predicted molar refractivity (Wildman–Crippen MR) is 91.5 cm³/mol. The molecule has 0 saturated heterocycles. The van der Waals surface area contributed by atoms with Crippen molar-refractivity contribution in [3.63, 3.8) is 0 Å². The zero-order valence-corrected chi connectivity index (χ0v) is 16.9. The van der Waals surface area contributed by atoms with Gasteiger partial charge < -0.3 is 51.4 Å². The maximum atomic E-state index is 8.74. The van der Waals surface area contributed by atoms with E-state index in [0.717, 1.165) is 0 Å². The predicted octanol–water partition coefficient (Wildman–Crippen LogP) is 0.107. The van der Waals surface area contributed by atoms with Crippen molar-refractivity contribution in [2.45, 2.75) is 38.5 Å². The van der Waals surface area contributed by atoms with E-state index in [2.05, 4.69) is 0 Å². The number of rotatable bonds is 0. The zero-order valence-electron chi connectivity index (χ0n) is 12.9. The minimum absolute atomic E-state index is 0. The Balaban J connectivity index is -0.0000000420. The van der Waals surface area contributed by atoms with Crippen LogP contribution in [0.25, 0.3) is 0 Å². The summed E-state index contributed by atoms with van der Waals surface area (Å²) in [4.78, 5) is 57.3. The Morgan fingerprint density at radius 2 is 0.417 bits per heavy atom. The molecule has 0 heterocycles. The van der Waals surface area contributed by atoms with E-state index in [9.17, 15) is 0 Å². The van der Waals surface area contributed by atoms with Crippen LogP contribution < -0.4 is 12.3 Å². The fraction of sp³-hybridized carbons (Fsp3) is 1.00. The first-order chi connectivity index (χ1) is 9.93. The Labute approximate surface area is 142 Å². The molecular formula is C6H30N2O12P4. The molecule has 156 valence electrons. The van der Waals surface area contributed by atoms with Gasteiger partial charge in [0.05, 0.1) is 0 Å². The molecule has 1 fully saturated rings. The summed E-state index contributed by atoms with van der Waals surface area (Å²) in [5, 5.41) is 0. The summed E-state index contributed by atoms with van der Waals surface area (Å²) in [5.41, 5.74) is 0. The second kappa shape index (κ2) is 34.8. The molecule has 0 aromatic carbocycles. The zero-order chi connectivity index (χ0) is 18.6. The van der Waals surface area contributed by atoms with Crippen molar-refractivity contribution < 1.29 is 57.4 Å². The van der Waals surface area contributed by atoms with Crippen LogP contribution in [-0.4, -0.2) is 39.1 Å². The fourth-order valence-corrected chi connectivity index (χ4v) is 1.06. The van der Waals surface area contributed by atoms with Crippen LogP contribution >= 0.6 is 33.0 Å². The summed E-state index contributed by atoms with van der Waals surface area (Å²) < 4.78 is 35.0. The largest absolute Gasteiger partial charge is 0.344 e. The van der Waals surface area contributed by atoms with Gasteiger partial charge in [-0.3, -0.25) is 18.3 Å². The summed E-state index contributed by atoms with van der Waals surface area (Å²) >= 11 is 0. The average molecular weight is 446 g/mol. The van der Waals surface area contributed by atoms with Gasteiger partial charge in [0.25, 0.3) is 0 Å². The van der Waals surface area contributed by atoms with Crippen molar-refractivity contribution in [3.05, 3.63) is 0 Å². The van der Waals surface area contributed by atoms with E-state index in [1.54, 1.807) is 0 Å². The van der Waals surface area contributed by atoms with Crippen molar-refractivity contribution in [1.82, 2.24) is 12.3 Å². The van der Waals surface area contributed by atoms with Gasteiger partial charge in [0, 0.05) is 0 Å². The molecule has 0 spiro atoms. The molecule has 0 aromatic rings. The molecular weight excluding hydrogens is 416 g/mol. The summed E-state index contributed by atoms with van der Waals surface area (Å²) in [6, 6.07) is 0. The second-order valence-corrected chi connectivity index (χ2v) is 5.51. The van der Waals surface area contributed by atoms with Gasteiger partial charge in [0.15, 0.2) is 0 Å². The van der Waals surface area contributed by atoms with Gasteiger partial charge in [-0.15, -0.1) is 0 Å². The van der Waals surface area contributed by atoms with E-state index in [0.29, 0.717) is 0 Å². The summed E-state index contributed by atoms with van der Waals surface area (Å²) in [6.07, 6.45) is 9.00. The van der Waals surface area contributed by atoms with Gasteiger partial charge in [-0.2, -0.15) is 0 Å². The molecule has 1 rings (SSSR count). The average Bonchev–Trinajstić information content (AvgIpc) is 2.28. The first-order valence-corrected chi connectivity index (χ1v) is 10.8. The normalized spacial score (nSPS) is 11.8. The highest BCUT2D eigenvalue weighted by Crippen LogP contribution is 2.15. The van der Waals surface area contributed by atoms with Crippen LogP contribution in [0.1, 0.15) is 38.5 Å².